The maximum Gasteiger partial charge on any atom is 0.0431 e. The van der Waals surface area contributed by atoms with Gasteiger partial charge in [-0.05, 0) is 25.8 Å². The third kappa shape index (κ3) is 3.70. The van der Waals surface area contributed by atoms with Crippen LogP contribution in [0.3, 0.4) is 0 Å². The van der Waals surface area contributed by atoms with E-state index in [1.54, 1.807) is 0 Å². The van der Waals surface area contributed by atoms with Crippen LogP contribution >= 0.6 is 0 Å². The van der Waals surface area contributed by atoms with Gasteiger partial charge in [-0.25, -0.2) is 5.32 Å². The Labute approximate surface area is 68.2 Å². The highest BCUT2D eigenvalue weighted by Gasteiger charge is 2.13. The molecule has 1 fully saturated rings. The van der Waals surface area contributed by atoms with Gasteiger partial charge in [0, 0.05) is 25.7 Å². The molecule has 0 amide bonds. The van der Waals surface area contributed by atoms with Gasteiger partial charge in [0.15, 0.2) is 0 Å². The first kappa shape index (κ1) is 8.97. The third-order valence-electron chi connectivity index (χ3n) is 2.00. The summed E-state index contributed by atoms with van der Waals surface area (Å²) in [5, 5.41) is 16.2. The average Bonchev–Trinajstić information content (AvgIpc) is 2.50. The van der Waals surface area contributed by atoms with Crippen LogP contribution in [0, 0.1) is 0 Å². The van der Waals surface area contributed by atoms with E-state index in [1.165, 1.54) is 6.42 Å². The largest absolute Gasteiger partial charge is 0.396 e. The van der Waals surface area contributed by atoms with Crippen molar-refractivity contribution in [3.8, 4) is 0 Å². The minimum absolute atomic E-state index is 0.316. The molecule has 1 unspecified atom stereocenters. The van der Waals surface area contributed by atoms with Crippen molar-refractivity contribution >= 4 is 0 Å². The second-order valence-corrected chi connectivity index (χ2v) is 3.00. The number of nitrogens with one attached hydrogen (secondary N) is 1. The Bertz CT molecular complexity index is 92.1. The van der Waals surface area contributed by atoms with Gasteiger partial charge in [-0.2, -0.15) is 0 Å². The molecule has 0 aliphatic carbocycles. The van der Waals surface area contributed by atoms with Crippen LogP contribution in [0.4, 0.5) is 0 Å². The fourth-order valence-electron chi connectivity index (χ4n) is 1.30. The summed E-state index contributed by atoms with van der Waals surface area (Å²) in [7, 11) is 0. The second kappa shape index (κ2) is 5.52. The van der Waals surface area contributed by atoms with Gasteiger partial charge >= 0.3 is 0 Å². The van der Waals surface area contributed by atoms with E-state index in [0.29, 0.717) is 12.6 Å². The zero-order valence-electron chi connectivity index (χ0n) is 6.92. The van der Waals surface area contributed by atoms with Gasteiger partial charge in [0.2, 0.25) is 0 Å². The molecule has 0 saturated carbocycles. The molecular formula is C8H17N2O. The number of rotatable bonds is 5. The molecule has 1 saturated heterocycles. The van der Waals surface area contributed by atoms with E-state index >= 15 is 0 Å². The van der Waals surface area contributed by atoms with E-state index in [4.69, 9.17) is 5.11 Å². The lowest BCUT2D eigenvalue weighted by Gasteiger charge is -2.09. The Morgan fingerprint density at radius 1 is 1.45 bits per heavy atom. The molecule has 0 spiro atoms. The first-order valence-corrected chi connectivity index (χ1v) is 4.41. The zero-order valence-corrected chi connectivity index (χ0v) is 6.92. The highest BCUT2D eigenvalue weighted by atomic mass is 16.2. The Morgan fingerprint density at radius 2 is 2.36 bits per heavy atom. The fourth-order valence-corrected chi connectivity index (χ4v) is 1.30. The average molecular weight is 157 g/mol. The molecule has 3 nitrogen and oxygen atoms in total. The Balaban J connectivity index is 1.86. The Morgan fingerprint density at radius 3 is 3.00 bits per heavy atom. The summed E-state index contributed by atoms with van der Waals surface area (Å²) in [5.74, 6) is 0. The number of hydrogen-bond acceptors (Lipinski definition) is 2. The molecule has 1 radical (unpaired) electrons. The predicted octanol–water partition coefficient (Wildman–Crippen LogP) is -0.275. The van der Waals surface area contributed by atoms with E-state index in [9.17, 15) is 0 Å². The maximum absolute atomic E-state index is 8.51. The van der Waals surface area contributed by atoms with Gasteiger partial charge in [-0.3, -0.25) is 0 Å². The summed E-state index contributed by atoms with van der Waals surface area (Å²) in [4.78, 5) is 0. The summed E-state index contributed by atoms with van der Waals surface area (Å²) in [5.41, 5.74) is 0. The topological polar surface area (TPSA) is 46.4 Å². The quantitative estimate of drug-likeness (QED) is 0.539. The molecule has 65 valence electrons. The third-order valence-corrected chi connectivity index (χ3v) is 2.00. The van der Waals surface area contributed by atoms with E-state index < -0.39 is 0 Å². The normalized spacial score (nSPS) is 24.3. The molecule has 1 atom stereocenters. The minimum atomic E-state index is 0.316. The summed E-state index contributed by atoms with van der Waals surface area (Å²) < 4.78 is 0. The smallest absolute Gasteiger partial charge is 0.0431 e. The highest BCUT2D eigenvalue weighted by Crippen LogP contribution is 1.98. The van der Waals surface area contributed by atoms with Crippen LogP contribution in [0.15, 0.2) is 0 Å². The predicted molar refractivity (Wildman–Crippen MR) is 44.6 cm³/mol. The van der Waals surface area contributed by atoms with Crippen molar-refractivity contribution in [1.29, 1.82) is 0 Å². The molecule has 1 rings (SSSR count). The summed E-state index contributed by atoms with van der Waals surface area (Å²) in [6.45, 7) is 3.36. The number of unbranched alkanes of at least 4 members (excludes halogenated alkanes) is 1. The van der Waals surface area contributed by atoms with E-state index in [0.717, 1.165) is 32.5 Å². The Hall–Kier alpha value is -0.120. The lowest BCUT2D eigenvalue weighted by Crippen LogP contribution is -2.30. The van der Waals surface area contributed by atoms with Gasteiger partial charge < -0.3 is 10.4 Å². The van der Waals surface area contributed by atoms with Crippen LogP contribution in [0.1, 0.15) is 19.3 Å². The molecule has 1 aliphatic rings. The molecule has 1 heterocycles. The van der Waals surface area contributed by atoms with Crippen LogP contribution in [-0.4, -0.2) is 37.4 Å². The summed E-state index contributed by atoms with van der Waals surface area (Å²) in [6, 6.07) is 0.619. The lowest BCUT2D eigenvalue weighted by atomic mass is 10.2. The van der Waals surface area contributed by atoms with Crippen molar-refractivity contribution in [2.45, 2.75) is 25.3 Å². The first-order valence-electron chi connectivity index (χ1n) is 4.41. The van der Waals surface area contributed by atoms with Gasteiger partial charge in [0.1, 0.15) is 0 Å². The molecule has 0 bridgehead atoms. The minimum Gasteiger partial charge on any atom is -0.396 e. The first-order chi connectivity index (χ1) is 5.43. The molecule has 0 aromatic carbocycles. The van der Waals surface area contributed by atoms with Crippen molar-refractivity contribution in [2.75, 3.05) is 26.2 Å². The van der Waals surface area contributed by atoms with Crippen molar-refractivity contribution in [3.05, 3.63) is 0 Å². The summed E-state index contributed by atoms with van der Waals surface area (Å²) >= 11 is 0. The van der Waals surface area contributed by atoms with Gasteiger partial charge in [-0.1, -0.05) is 0 Å². The van der Waals surface area contributed by atoms with Crippen LogP contribution in [0.2, 0.25) is 0 Å². The van der Waals surface area contributed by atoms with Crippen molar-refractivity contribution in [1.82, 2.24) is 10.6 Å². The van der Waals surface area contributed by atoms with Gasteiger partial charge in [0.05, 0.1) is 0 Å². The highest BCUT2D eigenvalue weighted by molar-refractivity contribution is 4.76. The zero-order chi connectivity index (χ0) is 7.94. The monoisotopic (exact) mass is 157 g/mol. The lowest BCUT2D eigenvalue weighted by molar-refractivity contribution is 0.283. The SMILES string of the molecule is OCCCCNC1CC[N]C1. The standard InChI is InChI=1S/C8H17N2O/c11-6-2-1-4-10-8-3-5-9-7-8/h8,10-11H,1-7H2. The number of nitrogens with zero attached hydrogens (tertiary/aromatic N) is 1. The van der Waals surface area contributed by atoms with Crippen molar-refractivity contribution in [3.63, 3.8) is 0 Å². The van der Waals surface area contributed by atoms with E-state index in [2.05, 4.69) is 10.6 Å². The van der Waals surface area contributed by atoms with Crippen LogP contribution in [0.5, 0.6) is 0 Å². The number of aliphatic hydroxyl groups excluding tert-OH is 1. The van der Waals surface area contributed by atoms with Crippen molar-refractivity contribution < 1.29 is 5.11 Å². The summed E-state index contributed by atoms with van der Waals surface area (Å²) in [6.07, 6.45) is 3.18. The molecule has 11 heavy (non-hydrogen) atoms. The molecular weight excluding hydrogens is 140 g/mol. The fraction of sp³-hybridized carbons (Fsp3) is 1.00. The molecule has 2 N–H and O–H groups in total. The number of aliphatic hydroxyl groups is 1. The molecule has 3 heteroatoms. The molecule has 0 aromatic heterocycles. The van der Waals surface area contributed by atoms with Gasteiger partial charge in [0.25, 0.3) is 0 Å². The molecule has 0 aromatic rings. The van der Waals surface area contributed by atoms with E-state index in [-0.39, 0.29) is 0 Å². The number of hydrogen-bond donors (Lipinski definition) is 2. The maximum atomic E-state index is 8.51. The van der Waals surface area contributed by atoms with Crippen molar-refractivity contribution in [2.24, 2.45) is 0 Å². The van der Waals surface area contributed by atoms with Crippen LogP contribution in [-0.2, 0) is 0 Å². The van der Waals surface area contributed by atoms with E-state index in [1.807, 2.05) is 0 Å². The second-order valence-electron chi connectivity index (χ2n) is 3.00. The molecule has 1 aliphatic heterocycles. The van der Waals surface area contributed by atoms with Crippen LogP contribution in [0.25, 0.3) is 0 Å². The Kier molecular flexibility index (Phi) is 4.50. The van der Waals surface area contributed by atoms with Gasteiger partial charge in [-0.15, -0.1) is 0 Å². The van der Waals surface area contributed by atoms with Crippen LogP contribution < -0.4 is 10.6 Å².